The molecule has 3 heteroatoms. The van der Waals surface area contributed by atoms with Gasteiger partial charge in [-0.3, -0.25) is 4.79 Å². The monoisotopic (exact) mass is 228 g/mol. The summed E-state index contributed by atoms with van der Waals surface area (Å²) in [6.07, 6.45) is 2.84. The molecule has 1 saturated carbocycles. The number of benzene rings is 1. The Bertz CT molecular complexity index is 462. The summed E-state index contributed by atoms with van der Waals surface area (Å²) in [5.74, 6) is -0.0930. The standard InChI is InChI=1S/C14H16N2O/c1-10-4-2-5-11(8-10)14(17)16-13-7-3-6-12(13)9-15/h2,4-5,8,12-13H,3,6-7H2,1H3,(H,16,17). The van der Waals surface area contributed by atoms with E-state index in [1.54, 1.807) is 6.07 Å². The van der Waals surface area contributed by atoms with Crippen molar-refractivity contribution in [3.63, 3.8) is 0 Å². The summed E-state index contributed by atoms with van der Waals surface area (Å²) >= 11 is 0. The van der Waals surface area contributed by atoms with Crippen molar-refractivity contribution in [2.24, 2.45) is 5.92 Å². The van der Waals surface area contributed by atoms with Gasteiger partial charge in [-0.05, 0) is 38.3 Å². The van der Waals surface area contributed by atoms with E-state index in [0.29, 0.717) is 5.56 Å². The topological polar surface area (TPSA) is 52.9 Å². The van der Waals surface area contributed by atoms with Gasteiger partial charge in [0.2, 0.25) is 0 Å². The van der Waals surface area contributed by atoms with E-state index in [-0.39, 0.29) is 17.9 Å². The van der Waals surface area contributed by atoms with Crippen molar-refractivity contribution in [3.8, 4) is 6.07 Å². The molecule has 1 aliphatic rings. The zero-order valence-electron chi connectivity index (χ0n) is 9.94. The number of carbonyl (C=O) groups is 1. The first-order chi connectivity index (χ1) is 8.20. The van der Waals surface area contributed by atoms with Crippen LogP contribution in [0.15, 0.2) is 24.3 Å². The lowest BCUT2D eigenvalue weighted by molar-refractivity contribution is 0.0933. The Morgan fingerprint density at radius 2 is 2.29 bits per heavy atom. The predicted molar refractivity (Wildman–Crippen MR) is 65.4 cm³/mol. The molecular weight excluding hydrogens is 212 g/mol. The summed E-state index contributed by atoms with van der Waals surface area (Å²) in [5.41, 5.74) is 1.74. The van der Waals surface area contributed by atoms with Crippen molar-refractivity contribution in [1.29, 1.82) is 5.26 Å². The van der Waals surface area contributed by atoms with Crippen LogP contribution in [0.4, 0.5) is 0 Å². The molecule has 2 unspecified atom stereocenters. The number of hydrogen-bond acceptors (Lipinski definition) is 2. The number of nitrogens with zero attached hydrogens (tertiary/aromatic N) is 1. The molecule has 3 nitrogen and oxygen atoms in total. The van der Waals surface area contributed by atoms with Crippen molar-refractivity contribution in [2.45, 2.75) is 32.2 Å². The van der Waals surface area contributed by atoms with Gasteiger partial charge in [-0.2, -0.15) is 5.26 Å². The lowest BCUT2D eigenvalue weighted by Crippen LogP contribution is -2.36. The second-order valence-electron chi connectivity index (χ2n) is 4.62. The van der Waals surface area contributed by atoms with E-state index in [9.17, 15) is 4.79 Å². The van der Waals surface area contributed by atoms with Gasteiger partial charge < -0.3 is 5.32 Å². The SMILES string of the molecule is Cc1cccc(C(=O)NC2CCCC2C#N)c1. The second kappa shape index (κ2) is 5.01. The summed E-state index contributed by atoms with van der Waals surface area (Å²) in [6, 6.07) is 9.80. The molecular formula is C14H16N2O. The van der Waals surface area contributed by atoms with Gasteiger partial charge in [-0.1, -0.05) is 17.7 Å². The van der Waals surface area contributed by atoms with Gasteiger partial charge in [0.05, 0.1) is 12.0 Å². The minimum Gasteiger partial charge on any atom is -0.348 e. The molecule has 1 aromatic carbocycles. The fourth-order valence-corrected chi connectivity index (χ4v) is 2.33. The zero-order chi connectivity index (χ0) is 12.3. The average Bonchev–Trinajstić information content (AvgIpc) is 2.76. The number of nitrogens with one attached hydrogen (secondary N) is 1. The molecule has 0 spiro atoms. The van der Waals surface area contributed by atoms with Gasteiger partial charge in [0, 0.05) is 11.6 Å². The van der Waals surface area contributed by atoms with Crippen molar-refractivity contribution in [3.05, 3.63) is 35.4 Å². The second-order valence-corrected chi connectivity index (χ2v) is 4.62. The lowest BCUT2D eigenvalue weighted by Gasteiger charge is -2.15. The molecule has 0 heterocycles. The van der Waals surface area contributed by atoms with Gasteiger partial charge in [0.1, 0.15) is 0 Å². The third-order valence-corrected chi connectivity index (χ3v) is 3.28. The normalized spacial score (nSPS) is 23.1. The highest BCUT2D eigenvalue weighted by Gasteiger charge is 2.28. The minimum atomic E-state index is -0.0687. The lowest BCUT2D eigenvalue weighted by atomic mass is 10.0. The number of amides is 1. The molecule has 0 aromatic heterocycles. The number of aryl methyl sites for hydroxylation is 1. The van der Waals surface area contributed by atoms with Crippen molar-refractivity contribution < 1.29 is 4.79 Å². The van der Waals surface area contributed by atoms with E-state index in [0.717, 1.165) is 24.8 Å². The van der Waals surface area contributed by atoms with E-state index in [1.165, 1.54) is 0 Å². The van der Waals surface area contributed by atoms with E-state index >= 15 is 0 Å². The van der Waals surface area contributed by atoms with Gasteiger partial charge >= 0.3 is 0 Å². The Hall–Kier alpha value is -1.82. The third-order valence-electron chi connectivity index (χ3n) is 3.28. The summed E-state index contributed by atoms with van der Waals surface area (Å²) in [7, 11) is 0. The molecule has 1 aromatic rings. The quantitative estimate of drug-likeness (QED) is 0.845. The number of nitriles is 1. The van der Waals surface area contributed by atoms with Crippen molar-refractivity contribution in [2.75, 3.05) is 0 Å². The van der Waals surface area contributed by atoms with Crippen molar-refractivity contribution in [1.82, 2.24) is 5.32 Å². The highest BCUT2D eigenvalue weighted by molar-refractivity contribution is 5.94. The van der Waals surface area contributed by atoms with Gasteiger partial charge in [0.15, 0.2) is 0 Å². The van der Waals surface area contributed by atoms with E-state index < -0.39 is 0 Å². The molecule has 0 saturated heterocycles. The zero-order valence-corrected chi connectivity index (χ0v) is 9.94. The van der Waals surface area contributed by atoms with E-state index in [4.69, 9.17) is 5.26 Å². The van der Waals surface area contributed by atoms with Crippen LogP contribution in [0.2, 0.25) is 0 Å². The molecule has 0 bridgehead atoms. The van der Waals surface area contributed by atoms with Crippen LogP contribution in [0.3, 0.4) is 0 Å². The highest BCUT2D eigenvalue weighted by Crippen LogP contribution is 2.25. The smallest absolute Gasteiger partial charge is 0.251 e. The molecule has 0 radical (unpaired) electrons. The first kappa shape index (κ1) is 11.7. The number of carbonyl (C=O) groups excluding carboxylic acids is 1. The number of hydrogen-bond donors (Lipinski definition) is 1. The molecule has 1 N–H and O–H groups in total. The summed E-state index contributed by atoms with van der Waals surface area (Å²) in [4.78, 5) is 12.0. The molecule has 1 aliphatic carbocycles. The highest BCUT2D eigenvalue weighted by atomic mass is 16.1. The fraction of sp³-hybridized carbons (Fsp3) is 0.429. The maximum atomic E-state index is 12.0. The third kappa shape index (κ3) is 2.65. The molecule has 17 heavy (non-hydrogen) atoms. The van der Waals surface area contributed by atoms with Gasteiger partial charge in [0.25, 0.3) is 5.91 Å². The minimum absolute atomic E-state index is 0.0213. The summed E-state index contributed by atoms with van der Waals surface area (Å²) < 4.78 is 0. The number of rotatable bonds is 2. The first-order valence-electron chi connectivity index (χ1n) is 5.98. The summed E-state index contributed by atoms with van der Waals surface area (Å²) in [6.45, 7) is 1.96. The predicted octanol–water partition coefficient (Wildman–Crippen LogP) is 2.42. The Morgan fingerprint density at radius 1 is 1.47 bits per heavy atom. The molecule has 88 valence electrons. The summed E-state index contributed by atoms with van der Waals surface area (Å²) in [5, 5.41) is 11.9. The van der Waals surface area contributed by atoms with Crippen LogP contribution in [0, 0.1) is 24.2 Å². The van der Waals surface area contributed by atoms with Gasteiger partial charge in [-0.15, -0.1) is 0 Å². The largest absolute Gasteiger partial charge is 0.348 e. The first-order valence-corrected chi connectivity index (χ1v) is 5.98. The van der Waals surface area contributed by atoms with Crippen LogP contribution >= 0.6 is 0 Å². The molecule has 0 aliphatic heterocycles. The Morgan fingerprint density at radius 3 is 3.00 bits per heavy atom. The van der Waals surface area contributed by atoms with Crippen LogP contribution in [-0.2, 0) is 0 Å². The fourth-order valence-electron chi connectivity index (χ4n) is 2.33. The van der Waals surface area contributed by atoms with Crippen LogP contribution in [0.25, 0.3) is 0 Å². The van der Waals surface area contributed by atoms with Crippen LogP contribution in [0.5, 0.6) is 0 Å². The Labute approximate surface area is 101 Å². The maximum absolute atomic E-state index is 12.0. The molecule has 2 rings (SSSR count). The Kier molecular flexibility index (Phi) is 3.43. The van der Waals surface area contributed by atoms with E-state index in [1.807, 2.05) is 25.1 Å². The molecule has 2 atom stereocenters. The maximum Gasteiger partial charge on any atom is 0.251 e. The van der Waals surface area contributed by atoms with Crippen LogP contribution in [0.1, 0.15) is 35.2 Å². The average molecular weight is 228 g/mol. The van der Waals surface area contributed by atoms with E-state index in [2.05, 4.69) is 11.4 Å². The van der Waals surface area contributed by atoms with Crippen LogP contribution in [-0.4, -0.2) is 11.9 Å². The Balaban J connectivity index is 2.05. The van der Waals surface area contributed by atoms with Crippen LogP contribution < -0.4 is 5.32 Å². The molecule has 1 amide bonds. The van der Waals surface area contributed by atoms with Gasteiger partial charge in [-0.25, -0.2) is 0 Å². The molecule has 1 fully saturated rings. The van der Waals surface area contributed by atoms with Crippen molar-refractivity contribution >= 4 is 5.91 Å².